The van der Waals surface area contributed by atoms with Gasteiger partial charge in [0.05, 0.1) is 0 Å². The molecule has 0 unspecified atom stereocenters. The van der Waals surface area contributed by atoms with Crippen LogP contribution in [0.2, 0.25) is 0 Å². The van der Waals surface area contributed by atoms with Crippen LogP contribution in [0, 0.1) is 6.07 Å². The number of carbonyl (C=O) groups is 1. The van der Waals surface area contributed by atoms with E-state index >= 15 is 0 Å². The molecule has 0 aliphatic rings. The van der Waals surface area contributed by atoms with Crippen LogP contribution in [-0.4, -0.2) is 5.24 Å². The molecule has 0 atom stereocenters. The van der Waals surface area contributed by atoms with Crippen molar-refractivity contribution in [3.8, 4) is 0 Å². The van der Waals surface area contributed by atoms with Crippen LogP contribution >= 0.6 is 11.6 Å². The van der Waals surface area contributed by atoms with Gasteiger partial charge in [-0.3, -0.25) is 4.79 Å². The Morgan fingerprint density at radius 1 is 1.55 bits per heavy atom. The average molecular weight is 166 g/mol. The van der Waals surface area contributed by atoms with Gasteiger partial charge in [-0.2, -0.15) is 0 Å². The molecule has 0 bridgehead atoms. The van der Waals surface area contributed by atoms with Crippen LogP contribution in [0.5, 0.6) is 0 Å². The van der Waals surface area contributed by atoms with Gasteiger partial charge in [-0.25, -0.2) is 0 Å². The number of benzene rings is 1. The molecule has 1 radical (unpaired) electrons. The van der Waals surface area contributed by atoms with Gasteiger partial charge in [0, 0.05) is 0 Å². The molecule has 0 heterocycles. The van der Waals surface area contributed by atoms with Crippen molar-refractivity contribution in [2.75, 3.05) is 0 Å². The summed E-state index contributed by atoms with van der Waals surface area (Å²) < 4.78 is 0. The first kappa shape index (κ1) is 8.02. The van der Waals surface area contributed by atoms with Crippen molar-refractivity contribution in [2.45, 2.75) is 0 Å². The second-order valence-electron chi connectivity index (χ2n) is 1.96. The standard InChI is InChI=1S/C9H6ClO/c10-9(11)7-6-8-4-2-1-3-5-8/h1-4,6-7H. The summed E-state index contributed by atoms with van der Waals surface area (Å²) in [6.45, 7) is 0. The molecular formula is C9H6ClO. The lowest BCUT2D eigenvalue weighted by atomic mass is 10.2. The van der Waals surface area contributed by atoms with E-state index in [2.05, 4.69) is 6.07 Å². The number of rotatable bonds is 2. The quantitative estimate of drug-likeness (QED) is 0.485. The molecule has 1 aromatic rings. The van der Waals surface area contributed by atoms with Gasteiger partial charge < -0.3 is 0 Å². The van der Waals surface area contributed by atoms with E-state index in [1.165, 1.54) is 6.08 Å². The van der Waals surface area contributed by atoms with E-state index in [1.54, 1.807) is 12.1 Å². The molecule has 0 saturated carbocycles. The Kier molecular flexibility index (Phi) is 2.87. The minimum absolute atomic E-state index is 0.470. The Morgan fingerprint density at radius 3 is 2.91 bits per heavy atom. The zero-order valence-corrected chi connectivity index (χ0v) is 6.51. The highest BCUT2D eigenvalue weighted by Crippen LogP contribution is 2.00. The second-order valence-corrected chi connectivity index (χ2v) is 2.33. The lowest BCUT2D eigenvalue weighted by Crippen LogP contribution is -1.75. The summed E-state index contributed by atoms with van der Waals surface area (Å²) >= 11 is 5.09. The van der Waals surface area contributed by atoms with Crippen molar-refractivity contribution < 1.29 is 4.79 Å². The van der Waals surface area contributed by atoms with E-state index < -0.39 is 5.24 Å². The zero-order valence-electron chi connectivity index (χ0n) is 5.75. The molecule has 0 amide bonds. The largest absolute Gasteiger partial charge is 0.276 e. The van der Waals surface area contributed by atoms with Crippen molar-refractivity contribution in [1.29, 1.82) is 0 Å². The number of hydrogen-bond acceptors (Lipinski definition) is 1. The summed E-state index contributed by atoms with van der Waals surface area (Å²) in [6.07, 6.45) is 2.92. The van der Waals surface area contributed by atoms with Gasteiger partial charge in [0.2, 0.25) is 5.24 Å². The van der Waals surface area contributed by atoms with Gasteiger partial charge in [0.25, 0.3) is 0 Å². The Hall–Kier alpha value is -1.08. The molecule has 0 spiro atoms. The monoisotopic (exact) mass is 165 g/mol. The minimum atomic E-state index is -0.470. The maximum absolute atomic E-state index is 10.3. The van der Waals surface area contributed by atoms with Gasteiger partial charge in [-0.05, 0) is 35.4 Å². The van der Waals surface area contributed by atoms with Crippen molar-refractivity contribution in [3.63, 3.8) is 0 Å². The predicted molar refractivity (Wildman–Crippen MR) is 45.2 cm³/mol. The second kappa shape index (κ2) is 3.94. The van der Waals surface area contributed by atoms with E-state index in [-0.39, 0.29) is 0 Å². The molecule has 0 N–H and O–H groups in total. The molecule has 2 heteroatoms. The molecule has 0 aromatic heterocycles. The first-order valence-electron chi connectivity index (χ1n) is 3.13. The van der Waals surface area contributed by atoms with Gasteiger partial charge >= 0.3 is 0 Å². The third-order valence-electron chi connectivity index (χ3n) is 1.13. The highest BCUT2D eigenvalue weighted by Gasteiger charge is 1.86. The van der Waals surface area contributed by atoms with Crippen molar-refractivity contribution >= 4 is 22.9 Å². The first-order valence-corrected chi connectivity index (χ1v) is 3.51. The number of halogens is 1. The SMILES string of the molecule is O=C(Cl)C=Cc1[c]cccc1. The van der Waals surface area contributed by atoms with E-state index in [0.29, 0.717) is 0 Å². The highest BCUT2D eigenvalue weighted by atomic mass is 35.5. The Balaban J connectivity index is 2.72. The van der Waals surface area contributed by atoms with Gasteiger partial charge in [0.1, 0.15) is 0 Å². The number of carbonyl (C=O) groups excluding carboxylic acids is 1. The fraction of sp³-hybridized carbons (Fsp3) is 0. The topological polar surface area (TPSA) is 17.1 Å². The first-order chi connectivity index (χ1) is 5.29. The third kappa shape index (κ3) is 3.01. The summed E-state index contributed by atoms with van der Waals surface area (Å²) in [7, 11) is 0. The van der Waals surface area contributed by atoms with Crippen molar-refractivity contribution in [2.24, 2.45) is 0 Å². The Labute approximate surface area is 70.3 Å². The molecule has 11 heavy (non-hydrogen) atoms. The average Bonchev–Trinajstić information content (AvgIpc) is 2.03. The Morgan fingerprint density at radius 2 is 2.36 bits per heavy atom. The lowest BCUT2D eigenvalue weighted by Gasteiger charge is -1.86. The third-order valence-corrected chi connectivity index (χ3v) is 1.25. The van der Waals surface area contributed by atoms with E-state index in [4.69, 9.17) is 11.6 Å². The number of hydrogen-bond donors (Lipinski definition) is 0. The van der Waals surface area contributed by atoms with Crippen LogP contribution in [-0.2, 0) is 4.79 Å². The molecule has 55 valence electrons. The smallest absolute Gasteiger partial charge is 0.245 e. The summed E-state index contributed by atoms with van der Waals surface area (Å²) in [4.78, 5) is 10.3. The van der Waals surface area contributed by atoms with Crippen LogP contribution in [0.3, 0.4) is 0 Å². The van der Waals surface area contributed by atoms with Crippen LogP contribution in [0.1, 0.15) is 5.56 Å². The Bertz CT molecular complexity index is 264. The van der Waals surface area contributed by atoms with Crippen LogP contribution in [0.15, 0.2) is 30.3 Å². The van der Waals surface area contributed by atoms with Gasteiger partial charge in [0.15, 0.2) is 0 Å². The van der Waals surface area contributed by atoms with Crippen LogP contribution in [0.4, 0.5) is 0 Å². The molecule has 0 fully saturated rings. The molecule has 1 rings (SSSR count). The maximum atomic E-state index is 10.3. The summed E-state index contributed by atoms with van der Waals surface area (Å²) in [5.74, 6) is 0. The van der Waals surface area contributed by atoms with Crippen molar-refractivity contribution in [3.05, 3.63) is 42.0 Å². The normalized spacial score (nSPS) is 10.3. The number of allylic oxidation sites excluding steroid dienone is 1. The van der Waals surface area contributed by atoms with E-state index in [0.717, 1.165) is 5.56 Å². The molecule has 1 aromatic carbocycles. The summed E-state index contributed by atoms with van der Waals surface area (Å²) in [5, 5.41) is -0.470. The van der Waals surface area contributed by atoms with Crippen LogP contribution in [0.25, 0.3) is 6.08 Å². The van der Waals surface area contributed by atoms with Crippen LogP contribution < -0.4 is 0 Å². The fourth-order valence-corrected chi connectivity index (χ4v) is 0.729. The molecule has 0 aliphatic heterocycles. The fourth-order valence-electron chi connectivity index (χ4n) is 0.666. The zero-order chi connectivity index (χ0) is 8.10. The van der Waals surface area contributed by atoms with Gasteiger partial charge in [-0.15, -0.1) is 0 Å². The molecule has 1 nitrogen and oxygen atoms in total. The van der Waals surface area contributed by atoms with Gasteiger partial charge in [-0.1, -0.05) is 24.3 Å². The van der Waals surface area contributed by atoms with E-state index in [1.807, 2.05) is 18.2 Å². The maximum Gasteiger partial charge on any atom is 0.245 e. The lowest BCUT2D eigenvalue weighted by molar-refractivity contribution is -0.107. The predicted octanol–water partition coefficient (Wildman–Crippen LogP) is 2.27. The molecular weight excluding hydrogens is 160 g/mol. The minimum Gasteiger partial charge on any atom is -0.276 e. The molecule has 0 saturated heterocycles. The highest BCUT2D eigenvalue weighted by molar-refractivity contribution is 6.66. The van der Waals surface area contributed by atoms with E-state index in [9.17, 15) is 4.79 Å². The summed E-state index contributed by atoms with van der Waals surface area (Å²) in [6, 6.07) is 10.3. The van der Waals surface area contributed by atoms with Crippen molar-refractivity contribution in [1.82, 2.24) is 0 Å². The summed E-state index contributed by atoms with van der Waals surface area (Å²) in [5.41, 5.74) is 0.849. The molecule has 0 aliphatic carbocycles.